The lowest BCUT2D eigenvalue weighted by Gasteiger charge is -2.12. The molecule has 2 heterocycles. The largest absolute Gasteiger partial charge is 0.375 e. The average Bonchev–Trinajstić information content (AvgIpc) is 2.39. The first kappa shape index (κ1) is 7.27. The first-order valence-corrected chi connectivity index (χ1v) is 4.55. The van der Waals surface area contributed by atoms with Gasteiger partial charge >= 0.3 is 0 Å². The smallest absolute Gasteiger partial charge is 0.0902 e. The van der Waals surface area contributed by atoms with Crippen molar-refractivity contribution >= 4 is 22.9 Å². The molecule has 0 aromatic rings. The van der Waals surface area contributed by atoms with E-state index in [-0.39, 0.29) is 6.04 Å². The number of halogens is 1. The SMILES string of the molecule is N[C@H]1CN(I)C2CCOC21. The van der Waals surface area contributed by atoms with Gasteiger partial charge in [0.15, 0.2) is 0 Å². The van der Waals surface area contributed by atoms with Crippen LogP contribution in [0.2, 0.25) is 0 Å². The van der Waals surface area contributed by atoms with Crippen molar-refractivity contribution in [3.63, 3.8) is 0 Å². The zero-order valence-electron chi connectivity index (χ0n) is 5.66. The van der Waals surface area contributed by atoms with E-state index in [2.05, 4.69) is 26.0 Å². The van der Waals surface area contributed by atoms with Gasteiger partial charge in [0.1, 0.15) is 0 Å². The molecule has 2 rings (SSSR count). The van der Waals surface area contributed by atoms with Crippen LogP contribution in [-0.2, 0) is 4.74 Å². The molecule has 58 valence electrons. The summed E-state index contributed by atoms with van der Waals surface area (Å²) in [5.74, 6) is 0. The van der Waals surface area contributed by atoms with Crippen LogP contribution in [-0.4, -0.2) is 34.5 Å². The van der Waals surface area contributed by atoms with Gasteiger partial charge in [-0.2, -0.15) is 0 Å². The van der Waals surface area contributed by atoms with Gasteiger partial charge in [-0.15, -0.1) is 0 Å². The highest BCUT2D eigenvalue weighted by molar-refractivity contribution is 14.1. The highest BCUT2D eigenvalue weighted by Gasteiger charge is 2.42. The van der Waals surface area contributed by atoms with Gasteiger partial charge in [-0.3, -0.25) is 0 Å². The Kier molecular flexibility index (Phi) is 1.88. The number of hydrogen-bond donors (Lipinski definition) is 1. The molecule has 2 saturated heterocycles. The summed E-state index contributed by atoms with van der Waals surface area (Å²) in [6.45, 7) is 1.87. The predicted octanol–water partition coefficient (Wildman–Crippen LogP) is 0.137. The second kappa shape index (κ2) is 2.58. The van der Waals surface area contributed by atoms with Crippen molar-refractivity contribution in [2.24, 2.45) is 5.73 Å². The van der Waals surface area contributed by atoms with Crippen LogP contribution in [0, 0.1) is 0 Å². The Bertz CT molecular complexity index is 130. The van der Waals surface area contributed by atoms with Crippen molar-refractivity contribution < 1.29 is 4.74 Å². The number of fused-ring (bicyclic) bond motifs is 1. The van der Waals surface area contributed by atoms with Gasteiger partial charge in [0.25, 0.3) is 0 Å². The maximum Gasteiger partial charge on any atom is 0.0902 e. The molecule has 4 heteroatoms. The minimum atomic E-state index is 0.240. The second-order valence-corrected chi connectivity index (χ2v) is 4.18. The molecule has 0 radical (unpaired) electrons. The van der Waals surface area contributed by atoms with Crippen LogP contribution in [0.1, 0.15) is 6.42 Å². The van der Waals surface area contributed by atoms with Crippen molar-refractivity contribution in [3.05, 3.63) is 0 Å². The fourth-order valence-corrected chi connectivity index (χ4v) is 2.80. The number of nitrogens with zero attached hydrogens (tertiary/aromatic N) is 1. The summed E-state index contributed by atoms with van der Waals surface area (Å²) in [7, 11) is 0. The van der Waals surface area contributed by atoms with E-state index in [1.54, 1.807) is 0 Å². The van der Waals surface area contributed by atoms with E-state index in [1.807, 2.05) is 0 Å². The molecular weight excluding hydrogens is 243 g/mol. The molecule has 2 fully saturated rings. The maximum absolute atomic E-state index is 5.84. The molecule has 2 aliphatic rings. The second-order valence-electron chi connectivity index (χ2n) is 2.94. The molecule has 0 saturated carbocycles. The standard InChI is InChI=1S/C6H11IN2O/c7-9-3-4(8)6-5(9)1-2-10-6/h4-6H,1-3,8H2/t4-,5?,6?/m0/s1. The third-order valence-electron chi connectivity index (χ3n) is 2.27. The van der Waals surface area contributed by atoms with Crippen molar-refractivity contribution in [1.82, 2.24) is 3.11 Å². The molecule has 0 aromatic heterocycles. The van der Waals surface area contributed by atoms with Crippen LogP contribution in [0.4, 0.5) is 0 Å². The molecule has 0 aromatic carbocycles. The summed E-state index contributed by atoms with van der Waals surface area (Å²) in [6.07, 6.45) is 1.47. The Balaban J connectivity index is 2.11. The van der Waals surface area contributed by atoms with E-state index in [0.717, 1.165) is 19.6 Å². The topological polar surface area (TPSA) is 38.5 Å². The van der Waals surface area contributed by atoms with Crippen LogP contribution in [0.15, 0.2) is 0 Å². The van der Waals surface area contributed by atoms with Crippen LogP contribution in [0.3, 0.4) is 0 Å². The molecule has 2 N–H and O–H groups in total. The zero-order chi connectivity index (χ0) is 7.14. The minimum Gasteiger partial charge on any atom is -0.375 e. The lowest BCUT2D eigenvalue weighted by atomic mass is 10.1. The Labute approximate surface area is 74.4 Å². The summed E-state index contributed by atoms with van der Waals surface area (Å²) < 4.78 is 7.77. The Morgan fingerprint density at radius 3 is 3.10 bits per heavy atom. The summed E-state index contributed by atoms with van der Waals surface area (Å²) in [6, 6.07) is 0.833. The molecule has 2 aliphatic heterocycles. The van der Waals surface area contributed by atoms with E-state index in [0.29, 0.717) is 12.1 Å². The zero-order valence-corrected chi connectivity index (χ0v) is 7.82. The fraction of sp³-hybridized carbons (Fsp3) is 1.00. The number of ether oxygens (including phenoxy) is 1. The maximum atomic E-state index is 5.84. The molecule has 0 aliphatic carbocycles. The summed E-state index contributed by atoms with van der Waals surface area (Å²) in [5, 5.41) is 0. The number of nitrogens with two attached hydrogens (primary N) is 1. The van der Waals surface area contributed by atoms with Crippen molar-refractivity contribution in [1.29, 1.82) is 0 Å². The first-order chi connectivity index (χ1) is 4.79. The minimum absolute atomic E-state index is 0.240. The summed E-state index contributed by atoms with van der Waals surface area (Å²) in [5.41, 5.74) is 5.84. The van der Waals surface area contributed by atoms with Crippen LogP contribution < -0.4 is 5.73 Å². The van der Waals surface area contributed by atoms with E-state index in [9.17, 15) is 0 Å². The molecular formula is C6H11IN2O. The van der Waals surface area contributed by atoms with Crippen LogP contribution in [0.5, 0.6) is 0 Å². The third kappa shape index (κ3) is 0.975. The van der Waals surface area contributed by atoms with Gasteiger partial charge in [-0.1, -0.05) is 0 Å². The van der Waals surface area contributed by atoms with Gasteiger partial charge in [0.2, 0.25) is 0 Å². The quantitative estimate of drug-likeness (QED) is 0.493. The highest BCUT2D eigenvalue weighted by Crippen LogP contribution is 2.30. The van der Waals surface area contributed by atoms with E-state index in [1.165, 1.54) is 0 Å². The number of rotatable bonds is 0. The summed E-state index contributed by atoms with van der Waals surface area (Å²) in [4.78, 5) is 0. The Morgan fingerprint density at radius 1 is 1.60 bits per heavy atom. The van der Waals surface area contributed by atoms with Crippen LogP contribution >= 0.6 is 22.9 Å². The molecule has 2 unspecified atom stereocenters. The third-order valence-corrected chi connectivity index (χ3v) is 3.38. The highest BCUT2D eigenvalue weighted by atomic mass is 127. The van der Waals surface area contributed by atoms with Crippen molar-refractivity contribution in [2.75, 3.05) is 13.2 Å². The van der Waals surface area contributed by atoms with E-state index < -0.39 is 0 Å². The Morgan fingerprint density at radius 2 is 2.40 bits per heavy atom. The predicted molar refractivity (Wildman–Crippen MR) is 46.8 cm³/mol. The van der Waals surface area contributed by atoms with E-state index in [4.69, 9.17) is 10.5 Å². The first-order valence-electron chi connectivity index (χ1n) is 3.58. The summed E-state index contributed by atoms with van der Waals surface area (Å²) >= 11 is 2.34. The molecule has 0 amide bonds. The molecule has 10 heavy (non-hydrogen) atoms. The lowest BCUT2D eigenvalue weighted by Crippen LogP contribution is -2.34. The van der Waals surface area contributed by atoms with Crippen molar-refractivity contribution in [2.45, 2.75) is 24.6 Å². The van der Waals surface area contributed by atoms with Gasteiger partial charge in [0, 0.05) is 48.1 Å². The lowest BCUT2D eigenvalue weighted by molar-refractivity contribution is 0.0992. The Hall–Kier alpha value is 0.610. The van der Waals surface area contributed by atoms with Gasteiger partial charge in [0.05, 0.1) is 6.10 Å². The normalized spacial score (nSPS) is 48.0. The molecule has 0 bridgehead atoms. The monoisotopic (exact) mass is 254 g/mol. The van der Waals surface area contributed by atoms with Gasteiger partial charge < -0.3 is 10.5 Å². The van der Waals surface area contributed by atoms with Gasteiger partial charge in [-0.25, -0.2) is 3.11 Å². The fourth-order valence-electron chi connectivity index (χ4n) is 1.75. The molecule has 3 nitrogen and oxygen atoms in total. The van der Waals surface area contributed by atoms with Crippen molar-refractivity contribution in [3.8, 4) is 0 Å². The van der Waals surface area contributed by atoms with Crippen LogP contribution in [0.25, 0.3) is 0 Å². The number of hydrogen-bond acceptors (Lipinski definition) is 3. The molecule has 3 atom stereocenters. The van der Waals surface area contributed by atoms with Gasteiger partial charge in [-0.05, 0) is 6.42 Å². The van der Waals surface area contributed by atoms with E-state index >= 15 is 0 Å². The average molecular weight is 254 g/mol. The molecule has 0 spiro atoms.